The fourth-order valence-corrected chi connectivity index (χ4v) is 2.66. The molecule has 1 aromatic carbocycles. The average molecular weight is 264 g/mol. The van der Waals surface area contributed by atoms with Gasteiger partial charge in [-0.25, -0.2) is 0 Å². The summed E-state index contributed by atoms with van der Waals surface area (Å²) in [5, 5.41) is 0. The Morgan fingerprint density at radius 3 is 2.47 bits per heavy atom. The van der Waals surface area contributed by atoms with Crippen LogP contribution in [0.15, 0.2) is 30.3 Å². The standard InChI is InChI=1S/C16H28N2O/c1-4-18(14(2)13-19-3)16(12-17)11-10-15-8-6-5-7-9-15/h5-9,14,16H,4,10-13,17H2,1-3H3. The summed E-state index contributed by atoms with van der Waals surface area (Å²) in [6, 6.07) is 11.5. The molecular formula is C16H28N2O. The van der Waals surface area contributed by atoms with Crippen molar-refractivity contribution in [1.29, 1.82) is 0 Å². The van der Waals surface area contributed by atoms with Crippen LogP contribution in [-0.2, 0) is 11.2 Å². The quantitative estimate of drug-likeness (QED) is 0.744. The lowest BCUT2D eigenvalue weighted by atomic mass is 10.0. The zero-order valence-corrected chi connectivity index (χ0v) is 12.5. The fraction of sp³-hybridized carbons (Fsp3) is 0.625. The van der Waals surface area contributed by atoms with Gasteiger partial charge in [-0.05, 0) is 31.9 Å². The first-order valence-electron chi connectivity index (χ1n) is 7.21. The minimum atomic E-state index is 0.416. The van der Waals surface area contributed by atoms with Gasteiger partial charge in [0.15, 0.2) is 0 Å². The molecule has 0 heterocycles. The molecule has 0 fully saturated rings. The number of ether oxygens (including phenoxy) is 1. The van der Waals surface area contributed by atoms with Crippen molar-refractivity contribution in [2.24, 2.45) is 5.73 Å². The average Bonchev–Trinajstić information content (AvgIpc) is 2.44. The Kier molecular flexibility index (Phi) is 7.72. The second kappa shape index (κ2) is 9.08. The summed E-state index contributed by atoms with van der Waals surface area (Å²) in [5.74, 6) is 0. The van der Waals surface area contributed by atoms with E-state index in [4.69, 9.17) is 10.5 Å². The predicted molar refractivity (Wildman–Crippen MR) is 81.3 cm³/mol. The van der Waals surface area contributed by atoms with Gasteiger partial charge in [0, 0.05) is 25.7 Å². The topological polar surface area (TPSA) is 38.5 Å². The van der Waals surface area contributed by atoms with E-state index in [0.29, 0.717) is 18.6 Å². The van der Waals surface area contributed by atoms with Crippen LogP contribution >= 0.6 is 0 Å². The first-order valence-corrected chi connectivity index (χ1v) is 7.21. The van der Waals surface area contributed by atoms with Crippen LogP contribution in [0.2, 0.25) is 0 Å². The first-order chi connectivity index (χ1) is 9.22. The minimum Gasteiger partial charge on any atom is -0.383 e. The zero-order valence-electron chi connectivity index (χ0n) is 12.5. The normalized spacial score (nSPS) is 14.6. The number of hydrogen-bond acceptors (Lipinski definition) is 3. The Morgan fingerprint density at radius 1 is 1.26 bits per heavy atom. The number of nitrogens with two attached hydrogens (primary N) is 1. The van der Waals surface area contributed by atoms with E-state index in [1.165, 1.54) is 5.56 Å². The Labute approximate surface area is 117 Å². The van der Waals surface area contributed by atoms with E-state index < -0.39 is 0 Å². The molecule has 0 spiro atoms. The van der Waals surface area contributed by atoms with E-state index in [0.717, 1.165) is 26.0 Å². The lowest BCUT2D eigenvalue weighted by molar-refractivity contribution is 0.0726. The predicted octanol–water partition coefficient (Wildman–Crippen LogP) is 2.30. The van der Waals surface area contributed by atoms with Gasteiger partial charge in [0.25, 0.3) is 0 Å². The summed E-state index contributed by atoms with van der Waals surface area (Å²) >= 11 is 0. The van der Waals surface area contributed by atoms with Crippen LogP contribution in [0, 0.1) is 0 Å². The Morgan fingerprint density at radius 2 is 1.95 bits per heavy atom. The molecule has 0 aliphatic rings. The van der Waals surface area contributed by atoms with Gasteiger partial charge in [-0.1, -0.05) is 37.3 Å². The van der Waals surface area contributed by atoms with Crippen molar-refractivity contribution < 1.29 is 4.74 Å². The number of benzene rings is 1. The Bertz CT molecular complexity index is 329. The molecule has 0 radical (unpaired) electrons. The third kappa shape index (κ3) is 5.31. The van der Waals surface area contributed by atoms with Crippen LogP contribution in [0.3, 0.4) is 0 Å². The monoisotopic (exact) mass is 264 g/mol. The number of hydrogen-bond donors (Lipinski definition) is 1. The van der Waals surface area contributed by atoms with Crippen LogP contribution < -0.4 is 5.73 Å². The van der Waals surface area contributed by atoms with Crippen molar-refractivity contribution in [3.63, 3.8) is 0 Å². The molecule has 2 atom stereocenters. The van der Waals surface area contributed by atoms with E-state index >= 15 is 0 Å². The van der Waals surface area contributed by atoms with Gasteiger partial charge < -0.3 is 10.5 Å². The molecule has 0 saturated heterocycles. The largest absolute Gasteiger partial charge is 0.383 e. The molecule has 1 rings (SSSR count). The summed E-state index contributed by atoms with van der Waals surface area (Å²) in [6.07, 6.45) is 2.18. The molecule has 0 amide bonds. The molecule has 108 valence electrons. The van der Waals surface area contributed by atoms with Crippen molar-refractivity contribution in [3.8, 4) is 0 Å². The van der Waals surface area contributed by atoms with Crippen molar-refractivity contribution in [2.45, 2.75) is 38.8 Å². The van der Waals surface area contributed by atoms with Crippen LogP contribution in [0.5, 0.6) is 0 Å². The Balaban J connectivity index is 2.55. The zero-order chi connectivity index (χ0) is 14.1. The number of aryl methyl sites for hydroxylation is 1. The van der Waals surface area contributed by atoms with E-state index in [2.05, 4.69) is 49.1 Å². The molecule has 0 aliphatic heterocycles. The van der Waals surface area contributed by atoms with Gasteiger partial charge in [-0.3, -0.25) is 4.90 Å². The van der Waals surface area contributed by atoms with E-state index in [1.54, 1.807) is 7.11 Å². The van der Waals surface area contributed by atoms with Crippen LogP contribution in [0.1, 0.15) is 25.8 Å². The number of rotatable bonds is 9. The highest BCUT2D eigenvalue weighted by Crippen LogP contribution is 2.12. The molecule has 0 aromatic heterocycles. The van der Waals surface area contributed by atoms with E-state index in [-0.39, 0.29) is 0 Å². The summed E-state index contributed by atoms with van der Waals surface area (Å²) in [5.41, 5.74) is 7.35. The molecule has 0 bridgehead atoms. The van der Waals surface area contributed by atoms with E-state index in [9.17, 15) is 0 Å². The van der Waals surface area contributed by atoms with Crippen molar-refractivity contribution in [2.75, 3.05) is 26.8 Å². The highest BCUT2D eigenvalue weighted by molar-refractivity contribution is 5.14. The lowest BCUT2D eigenvalue weighted by Gasteiger charge is -2.35. The maximum atomic E-state index is 5.96. The molecule has 3 nitrogen and oxygen atoms in total. The Hall–Kier alpha value is -0.900. The van der Waals surface area contributed by atoms with Gasteiger partial charge in [0.05, 0.1) is 6.61 Å². The molecule has 2 N–H and O–H groups in total. The smallest absolute Gasteiger partial charge is 0.0615 e. The third-order valence-electron chi connectivity index (χ3n) is 3.69. The molecule has 2 unspecified atom stereocenters. The van der Waals surface area contributed by atoms with Gasteiger partial charge in [-0.2, -0.15) is 0 Å². The van der Waals surface area contributed by atoms with Crippen molar-refractivity contribution >= 4 is 0 Å². The van der Waals surface area contributed by atoms with Crippen LogP contribution in [-0.4, -0.2) is 43.8 Å². The summed E-state index contributed by atoms with van der Waals surface area (Å²) < 4.78 is 5.26. The molecule has 3 heteroatoms. The van der Waals surface area contributed by atoms with Crippen LogP contribution in [0.4, 0.5) is 0 Å². The fourth-order valence-electron chi connectivity index (χ4n) is 2.66. The van der Waals surface area contributed by atoms with Gasteiger partial charge in [0.1, 0.15) is 0 Å². The van der Waals surface area contributed by atoms with Gasteiger partial charge in [-0.15, -0.1) is 0 Å². The third-order valence-corrected chi connectivity index (χ3v) is 3.69. The van der Waals surface area contributed by atoms with Crippen molar-refractivity contribution in [1.82, 2.24) is 4.90 Å². The first kappa shape index (κ1) is 16.2. The highest BCUT2D eigenvalue weighted by atomic mass is 16.5. The maximum Gasteiger partial charge on any atom is 0.0615 e. The molecule has 1 aromatic rings. The van der Waals surface area contributed by atoms with Gasteiger partial charge >= 0.3 is 0 Å². The molecule has 0 saturated carbocycles. The molecule has 19 heavy (non-hydrogen) atoms. The van der Waals surface area contributed by atoms with E-state index in [1.807, 2.05) is 0 Å². The number of methoxy groups -OCH3 is 1. The second-order valence-electron chi connectivity index (χ2n) is 5.05. The van der Waals surface area contributed by atoms with Crippen LogP contribution in [0.25, 0.3) is 0 Å². The minimum absolute atomic E-state index is 0.416. The SMILES string of the molecule is CCN(C(C)COC)C(CN)CCc1ccccc1. The maximum absolute atomic E-state index is 5.96. The lowest BCUT2D eigenvalue weighted by Crippen LogP contribution is -2.47. The molecule has 0 aliphatic carbocycles. The summed E-state index contributed by atoms with van der Waals surface area (Å²) in [7, 11) is 1.76. The summed E-state index contributed by atoms with van der Waals surface area (Å²) in [4.78, 5) is 2.45. The van der Waals surface area contributed by atoms with Crippen molar-refractivity contribution in [3.05, 3.63) is 35.9 Å². The molecular weight excluding hydrogens is 236 g/mol. The number of likely N-dealkylation sites (N-methyl/N-ethyl adjacent to an activating group) is 1. The summed E-state index contributed by atoms with van der Waals surface area (Å²) in [6.45, 7) is 6.88. The highest BCUT2D eigenvalue weighted by Gasteiger charge is 2.20. The van der Waals surface area contributed by atoms with Gasteiger partial charge in [0.2, 0.25) is 0 Å². The number of nitrogens with zero attached hydrogens (tertiary/aromatic N) is 1. The second-order valence-corrected chi connectivity index (χ2v) is 5.05.